The van der Waals surface area contributed by atoms with Gasteiger partial charge in [-0.3, -0.25) is 9.59 Å². The Balaban J connectivity index is 1.81. The van der Waals surface area contributed by atoms with Crippen molar-refractivity contribution in [1.29, 1.82) is 5.26 Å². The van der Waals surface area contributed by atoms with Gasteiger partial charge in [-0.25, -0.2) is 4.79 Å². The van der Waals surface area contributed by atoms with Gasteiger partial charge in [-0.15, -0.1) is 0 Å². The molecule has 2 aromatic carbocycles. The number of nitrogens with zero attached hydrogens (tertiary/aromatic N) is 2. The van der Waals surface area contributed by atoms with E-state index in [1.807, 2.05) is 75.4 Å². The second-order valence-electron chi connectivity index (χ2n) is 11.5. The zero-order chi connectivity index (χ0) is 30.5. The molecule has 4 atom stereocenters. The van der Waals surface area contributed by atoms with Crippen LogP contribution >= 0.6 is 0 Å². The normalized spacial score (nSPS) is 17.2. The third-order valence-corrected chi connectivity index (χ3v) is 7.19. The molecule has 1 aliphatic rings. The number of nitriles is 1. The number of nitrogens with one attached hydrogen (secondary N) is 3. The standard InChI is InChI=1S/C32H43N5O5/c1-32(2,3)37(30(40)26-16-10-11-21-34-26)28(27(38)18-17-23-12-6-4-7-13-23)36-29(39)25(19-20-33)35-31(41)42-22-24-14-8-5-9-15-24/h4-9,12-15,25-28,34,38H,10-11,16-19,21-22H2,1-3H3,(H,35,41)(H,36,39)/t25-,26-,27+,28?/m0/s1. The van der Waals surface area contributed by atoms with Gasteiger partial charge >= 0.3 is 6.09 Å². The molecule has 1 heterocycles. The zero-order valence-corrected chi connectivity index (χ0v) is 24.7. The number of alkyl carbamates (subject to hydrolysis) is 1. The molecule has 42 heavy (non-hydrogen) atoms. The molecule has 1 saturated heterocycles. The Labute approximate surface area is 248 Å². The lowest BCUT2D eigenvalue weighted by Gasteiger charge is -2.46. The van der Waals surface area contributed by atoms with Crippen LogP contribution in [0.1, 0.15) is 64.0 Å². The molecule has 0 radical (unpaired) electrons. The molecule has 10 nitrogen and oxygen atoms in total. The lowest BCUT2D eigenvalue weighted by atomic mass is 9.96. The van der Waals surface area contributed by atoms with Crippen LogP contribution in [0.25, 0.3) is 0 Å². The molecule has 0 bridgehead atoms. The highest BCUT2D eigenvalue weighted by Crippen LogP contribution is 2.24. The van der Waals surface area contributed by atoms with Crippen LogP contribution in [0, 0.1) is 11.3 Å². The Morgan fingerprint density at radius 1 is 1.05 bits per heavy atom. The summed E-state index contributed by atoms with van der Waals surface area (Å²) in [5.41, 5.74) is 1.01. The van der Waals surface area contributed by atoms with Crippen molar-refractivity contribution < 1.29 is 24.2 Å². The van der Waals surface area contributed by atoms with Crippen molar-refractivity contribution in [3.63, 3.8) is 0 Å². The van der Waals surface area contributed by atoms with Crippen LogP contribution < -0.4 is 16.0 Å². The number of aryl methyl sites for hydroxylation is 1. The van der Waals surface area contributed by atoms with Crippen LogP contribution in [0.15, 0.2) is 60.7 Å². The second kappa shape index (κ2) is 15.9. The summed E-state index contributed by atoms with van der Waals surface area (Å²) in [5, 5.41) is 29.5. The number of ether oxygens (including phenoxy) is 1. The Hall–Kier alpha value is -3.94. The average molecular weight is 578 g/mol. The number of benzene rings is 2. The van der Waals surface area contributed by atoms with Gasteiger partial charge in [-0.05, 0) is 64.1 Å². The third kappa shape index (κ3) is 9.86. The molecule has 0 aromatic heterocycles. The number of hydrogen-bond donors (Lipinski definition) is 4. The largest absolute Gasteiger partial charge is 0.445 e. The topological polar surface area (TPSA) is 144 Å². The number of aliphatic hydroxyl groups is 1. The fraction of sp³-hybridized carbons (Fsp3) is 0.500. The average Bonchev–Trinajstić information content (AvgIpc) is 2.99. The number of amides is 3. The number of hydrogen-bond acceptors (Lipinski definition) is 7. The van der Waals surface area contributed by atoms with Crippen molar-refractivity contribution in [1.82, 2.24) is 20.9 Å². The molecular formula is C32H43N5O5. The van der Waals surface area contributed by atoms with Gasteiger partial charge in [-0.1, -0.05) is 67.1 Å². The number of carbonyl (C=O) groups is 3. The van der Waals surface area contributed by atoms with Crippen molar-refractivity contribution in [3.8, 4) is 6.07 Å². The highest BCUT2D eigenvalue weighted by Gasteiger charge is 2.41. The van der Waals surface area contributed by atoms with Crippen LogP contribution in [-0.4, -0.2) is 64.4 Å². The van der Waals surface area contributed by atoms with Crippen molar-refractivity contribution >= 4 is 17.9 Å². The predicted molar refractivity (Wildman–Crippen MR) is 159 cm³/mol. The third-order valence-electron chi connectivity index (χ3n) is 7.19. The minimum atomic E-state index is -1.26. The summed E-state index contributed by atoms with van der Waals surface area (Å²) in [6.45, 7) is 6.25. The summed E-state index contributed by atoms with van der Waals surface area (Å²) in [6.07, 6.45) is -0.115. The Morgan fingerprint density at radius 3 is 2.26 bits per heavy atom. The van der Waals surface area contributed by atoms with Crippen LogP contribution in [-0.2, 0) is 27.4 Å². The van der Waals surface area contributed by atoms with E-state index in [1.54, 1.807) is 12.1 Å². The highest BCUT2D eigenvalue weighted by molar-refractivity contribution is 5.87. The van der Waals surface area contributed by atoms with Gasteiger partial charge in [0.05, 0.1) is 24.6 Å². The molecule has 4 N–H and O–H groups in total. The van der Waals surface area contributed by atoms with Gasteiger partial charge in [0.15, 0.2) is 0 Å². The van der Waals surface area contributed by atoms with Gasteiger partial charge in [-0.2, -0.15) is 5.26 Å². The quantitative estimate of drug-likeness (QED) is 0.283. The van der Waals surface area contributed by atoms with Gasteiger partial charge in [0, 0.05) is 5.54 Å². The van der Waals surface area contributed by atoms with Crippen molar-refractivity contribution in [3.05, 3.63) is 71.8 Å². The molecule has 10 heteroatoms. The van der Waals surface area contributed by atoms with Gasteiger partial charge in [0.1, 0.15) is 18.8 Å². The first-order chi connectivity index (χ1) is 20.1. The SMILES string of the molecule is CC(C)(C)N(C(=O)[C@@H]1CCCCN1)C(NC(=O)[C@H](CC#N)NC(=O)OCc1ccccc1)[C@H](O)CCc1ccccc1. The van der Waals surface area contributed by atoms with E-state index >= 15 is 0 Å². The second-order valence-corrected chi connectivity index (χ2v) is 11.5. The molecular weight excluding hydrogens is 534 g/mol. The molecule has 0 saturated carbocycles. The summed E-state index contributed by atoms with van der Waals surface area (Å²) in [6, 6.07) is 18.9. The summed E-state index contributed by atoms with van der Waals surface area (Å²) in [5.74, 6) is -0.922. The summed E-state index contributed by atoms with van der Waals surface area (Å²) in [4.78, 5) is 41.5. The summed E-state index contributed by atoms with van der Waals surface area (Å²) in [7, 11) is 0. The van der Waals surface area contributed by atoms with Gasteiger partial charge in [0.2, 0.25) is 11.8 Å². The molecule has 226 valence electrons. The van der Waals surface area contributed by atoms with Crippen molar-refractivity contribution in [2.24, 2.45) is 0 Å². The van der Waals surface area contributed by atoms with E-state index in [0.29, 0.717) is 19.4 Å². The lowest BCUT2D eigenvalue weighted by molar-refractivity contribution is -0.150. The Morgan fingerprint density at radius 2 is 1.69 bits per heavy atom. The zero-order valence-electron chi connectivity index (χ0n) is 24.7. The van der Waals surface area contributed by atoms with E-state index in [-0.39, 0.29) is 25.4 Å². The van der Waals surface area contributed by atoms with Gasteiger partial charge in [0.25, 0.3) is 0 Å². The Kier molecular flexibility index (Phi) is 12.3. The maximum absolute atomic E-state index is 13.9. The molecule has 1 fully saturated rings. The van der Waals surface area contributed by atoms with Crippen LogP contribution in [0.4, 0.5) is 4.79 Å². The number of carbonyl (C=O) groups excluding carboxylic acids is 3. The summed E-state index contributed by atoms with van der Waals surface area (Å²) < 4.78 is 5.25. The van der Waals surface area contributed by atoms with E-state index in [2.05, 4.69) is 16.0 Å². The van der Waals surface area contributed by atoms with Crippen LogP contribution in [0.2, 0.25) is 0 Å². The van der Waals surface area contributed by atoms with E-state index in [9.17, 15) is 24.8 Å². The van der Waals surface area contributed by atoms with Crippen molar-refractivity contribution in [2.45, 2.75) is 95.8 Å². The first-order valence-corrected chi connectivity index (χ1v) is 14.5. The van der Waals surface area contributed by atoms with E-state index in [0.717, 1.165) is 24.0 Å². The maximum Gasteiger partial charge on any atom is 0.408 e. The van der Waals surface area contributed by atoms with E-state index in [1.165, 1.54) is 4.90 Å². The van der Waals surface area contributed by atoms with Crippen LogP contribution in [0.3, 0.4) is 0 Å². The monoisotopic (exact) mass is 577 g/mol. The number of aliphatic hydroxyl groups excluding tert-OH is 1. The van der Waals surface area contributed by atoms with E-state index < -0.39 is 41.9 Å². The molecule has 3 amide bonds. The fourth-order valence-electron chi connectivity index (χ4n) is 5.02. The number of rotatable bonds is 12. The molecule has 1 aliphatic heterocycles. The predicted octanol–water partition coefficient (Wildman–Crippen LogP) is 3.40. The van der Waals surface area contributed by atoms with E-state index in [4.69, 9.17) is 4.74 Å². The first-order valence-electron chi connectivity index (χ1n) is 14.5. The van der Waals surface area contributed by atoms with Gasteiger partial charge < -0.3 is 30.7 Å². The maximum atomic E-state index is 13.9. The number of piperidine rings is 1. The molecule has 3 rings (SSSR count). The molecule has 0 aliphatic carbocycles. The van der Waals surface area contributed by atoms with Crippen molar-refractivity contribution in [2.75, 3.05) is 6.54 Å². The highest BCUT2D eigenvalue weighted by atomic mass is 16.5. The minimum absolute atomic E-state index is 0.00488. The molecule has 1 unspecified atom stereocenters. The molecule has 2 aromatic rings. The molecule has 0 spiro atoms. The van der Waals surface area contributed by atoms with Crippen LogP contribution in [0.5, 0.6) is 0 Å². The minimum Gasteiger partial charge on any atom is -0.445 e. The smallest absolute Gasteiger partial charge is 0.408 e. The summed E-state index contributed by atoms with van der Waals surface area (Å²) >= 11 is 0. The lowest BCUT2D eigenvalue weighted by Crippen LogP contribution is -2.67. The fourth-order valence-corrected chi connectivity index (χ4v) is 5.02. The first kappa shape index (κ1) is 32.6. The Bertz CT molecular complexity index is 1190.